The monoisotopic (exact) mass is 252 g/mol. The molecule has 0 radical (unpaired) electrons. The molecule has 2 unspecified atom stereocenters. The summed E-state index contributed by atoms with van der Waals surface area (Å²) in [5.41, 5.74) is 0. The summed E-state index contributed by atoms with van der Waals surface area (Å²) in [5.74, 6) is 1.49. The Bertz CT molecular complexity index is 321. The Labute approximate surface area is 109 Å². The topological polar surface area (TPSA) is 15.3 Å². The third-order valence-corrected chi connectivity index (χ3v) is 4.59. The van der Waals surface area contributed by atoms with E-state index in [9.17, 15) is 0 Å². The molecular weight excluding hydrogens is 228 g/mol. The van der Waals surface area contributed by atoms with E-state index in [1.807, 2.05) is 11.3 Å². The van der Waals surface area contributed by atoms with Gasteiger partial charge in [0, 0.05) is 17.5 Å². The van der Waals surface area contributed by atoms with Crippen molar-refractivity contribution in [1.29, 1.82) is 0 Å². The van der Waals surface area contributed by atoms with Gasteiger partial charge in [0.25, 0.3) is 0 Å². The number of hydrogen-bond acceptors (Lipinski definition) is 3. The summed E-state index contributed by atoms with van der Waals surface area (Å²) >= 11 is 1.87. The average Bonchev–Trinajstić information content (AvgIpc) is 2.90. The summed E-state index contributed by atoms with van der Waals surface area (Å²) < 4.78 is 0. The maximum atomic E-state index is 3.77. The summed E-state index contributed by atoms with van der Waals surface area (Å²) in [6, 6.07) is 4.93. The predicted molar refractivity (Wildman–Crippen MR) is 75.5 cm³/mol. The molecule has 2 atom stereocenters. The lowest BCUT2D eigenvalue weighted by Gasteiger charge is -2.23. The van der Waals surface area contributed by atoms with Crippen LogP contribution in [0.2, 0.25) is 0 Å². The maximum absolute atomic E-state index is 3.77. The molecule has 1 aromatic heterocycles. The highest BCUT2D eigenvalue weighted by Crippen LogP contribution is 2.26. The molecule has 2 nitrogen and oxygen atoms in total. The number of likely N-dealkylation sites (tertiary alicyclic amines) is 1. The number of hydrogen-bond donors (Lipinski definition) is 1. The fourth-order valence-corrected chi connectivity index (χ4v) is 3.59. The van der Waals surface area contributed by atoms with Crippen molar-refractivity contribution in [1.82, 2.24) is 10.2 Å². The van der Waals surface area contributed by atoms with Crippen LogP contribution in [-0.4, -0.2) is 31.6 Å². The van der Waals surface area contributed by atoms with Gasteiger partial charge in [0.05, 0.1) is 0 Å². The largest absolute Gasteiger partial charge is 0.309 e. The van der Waals surface area contributed by atoms with Gasteiger partial charge in [0.2, 0.25) is 0 Å². The Balaban J connectivity index is 1.86. The molecule has 1 N–H and O–H groups in total. The van der Waals surface area contributed by atoms with Crippen LogP contribution in [0, 0.1) is 11.8 Å². The molecule has 0 saturated carbocycles. The maximum Gasteiger partial charge on any atom is 0.0438 e. The third-order valence-electron chi connectivity index (χ3n) is 3.63. The van der Waals surface area contributed by atoms with Crippen LogP contribution in [0.25, 0.3) is 0 Å². The van der Waals surface area contributed by atoms with Gasteiger partial charge in [0.15, 0.2) is 0 Å². The van der Waals surface area contributed by atoms with Crippen LogP contribution in [0.5, 0.6) is 0 Å². The molecule has 2 heterocycles. The average molecular weight is 252 g/mol. The van der Waals surface area contributed by atoms with Crippen molar-refractivity contribution in [2.45, 2.75) is 26.3 Å². The summed E-state index contributed by atoms with van der Waals surface area (Å²) in [5, 5.41) is 5.94. The Morgan fingerprint density at radius 3 is 2.88 bits per heavy atom. The number of nitrogens with zero attached hydrogens (tertiary/aromatic N) is 1. The van der Waals surface area contributed by atoms with Gasteiger partial charge >= 0.3 is 0 Å². The van der Waals surface area contributed by atoms with E-state index in [1.165, 1.54) is 24.4 Å². The standard InChI is InChI=1S/C14H24N2S/c1-11(2)14(13-5-4-8-17-13)15-9-12-6-7-16(3)10-12/h4-5,8,11-12,14-15H,6-7,9-10H2,1-3H3. The van der Waals surface area contributed by atoms with Gasteiger partial charge in [-0.15, -0.1) is 11.3 Å². The van der Waals surface area contributed by atoms with Crippen molar-refractivity contribution in [2.75, 3.05) is 26.7 Å². The van der Waals surface area contributed by atoms with Gasteiger partial charge in [-0.3, -0.25) is 0 Å². The van der Waals surface area contributed by atoms with Gasteiger partial charge < -0.3 is 10.2 Å². The lowest BCUT2D eigenvalue weighted by molar-refractivity contribution is 0.356. The molecule has 17 heavy (non-hydrogen) atoms. The van der Waals surface area contributed by atoms with Crippen LogP contribution in [-0.2, 0) is 0 Å². The molecule has 0 bridgehead atoms. The minimum absolute atomic E-state index is 0.529. The fourth-order valence-electron chi connectivity index (χ4n) is 2.62. The molecule has 1 aliphatic heterocycles. The van der Waals surface area contributed by atoms with Gasteiger partial charge in [-0.05, 0) is 49.8 Å². The van der Waals surface area contributed by atoms with Crippen molar-refractivity contribution in [3.8, 4) is 0 Å². The molecule has 0 aromatic carbocycles. The number of nitrogens with one attached hydrogen (secondary N) is 1. The van der Waals surface area contributed by atoms with E-state index < -0.39 is 0 Å². The van der Waals surface area contributed by atoms with Crippen LogP contribution >= 0.6 is 11.3 Å². The van der Waals surface area contributed by atoms with Gasteiger partial charge in [-0.25, -0.2) is 0 Å². The minimum Gasteiger partial charge on any atom is -0.309 e. The zero-order chi connectivity index (χ0) is 12.3. The first-order chi connectivity index (χ1) is 8.16. The van der Waals surface area contributed by atoms with Crippen molar-refractivity contribution < 1.29 is 0 Å². The summed E-state index contributed by atoms with van der Waals surface area (Å²) in [7, 11) is 2.22. The minimum atomic E-state index is 0.529. The highest BCUT2D eigenvalue weighted by molar-refractivity contribution is 7.10. The lowest BCUT2D eigenvalue weighted by Crippen LogP contribution is -2.31. The summed E-state index contributed by atoms with van der Waals surface area (Å²) in [6.07, 6.45) is 1.35. The normalized spacial score (nSPS) is 23.4. The third kappa shape index (κ3) is 3.54. The summed E-state index contributed by atoms with van der Waals surface area (Å²) in [6.45, 7) is 8.28. The first-order valence-electron chi connectivity index (χ1n) is 6.62. The van der Waals surface area contributed by atoms with Crippen LogP contribution in [0.15, 0.2) is 17.5 Å². The zero-order valence-corrected chi connectivity index (χ0v) is 12.0. The first-order valence-corrected chi connectivity index (χ1v) is 7.50. The summed E-state index contributed by atoms with van der Waals surface area (Å²) in [4.78, 5) is 3.91. The highest BCUT2D eigenvalue weighted by atomic mass is 32.1. The molecule has 1 aliphatic rings. The quantitative estimate of drug-likeness (QED) is 0.866. The lowest BCUT2D eigenvalue weighted by atomic mass is 10.0. The zero-order valence-electron chi connectivity index (χ0n) is 11.1. The van der Waals surface area contributed by atoms with Crippen molar-refractivity contribution >= 4 is 11.3 Å². The Kier molecular flexibility index (Phi) is 4.60. The molecule has 1 aromatic rings. The van der Waals surface area contributed by atoms with Crippen LogP contribution in [0.3, 0.4) is 0 Å². The number of rotatable bonds is 5. The Hall–Kier alpha value is -0.380. The molecule has 96 valence electrons. The SMILES string of the molecule is CC(C)C(NCC1CCN(C)C1)c1cccs1. The van der Waals surface area contributed by atoms with E-state index in [0.29, 0.717) is 12.0 Å². The van der Waals surface area contributed by atoms with Crippen molar-refractivity contribution in [3.63, 3.8) is 0 Å². The molecule has 0 amide bonds. The van der Waals surface area contributed by atoms with E-state index in [1.54, 1.807) is 0 Å². The van der Waals surface area contributed by atoms with Gasteiger partial charge in [-0.1, -0.05) is 19.9 Å². The molecule has 0 aliphatic carbocycles. The molecule has 3 heteroatoms. The molecule has 1 fully saturated rings. The van der Waals surface area contributed by atoms with Crippen molar-refractivity contribution in [2.24, 2.45) is 11.8 Å². The van der Waals surface area contributed by atoms with Crippen molar-refractivity contribution in [3.05, 3.63) is 22.4 Å². The van der Waals surface area contributed by atoms with E-state index in [2.05, 4.69) is 48.6 Å². The Morgan fingerprint density at radius 1 is 1.53 bits per heavy atom. The van der Waals surface area contributed by atoms with E-state index >= 15 is 0 Å². The first kappa shape index (κ1) is 13.1. The van der Waals surface area contributed by atoms with E-state index in [0.717, 1.165) is 12.5 Å². The smallest absolute Gasteiger partial charge is 0.0438 e. The molecular formula is C14H24N2S. The number of thiophene rings is 1. The van der Waals surface area contributed by atoms with Crippen LogP contribution in [0.4, 0.5) is 0 Å². The predicted octanol–water partition coefficient (Wildman–Crippen LogP) is 2.99. The molecule has 1 saturated heterocycles. The van der Waals surface area contributed by atoms with Crippen LogP contribution in [0.1, 0.15) is 31.2 Å². The highest BCUT2D eigenvalue weighted by Gasteiger charge is 2.22. The van der Waals surface area contributed by atoms with Gasteiger partial charge in [0.1, 0.15) is 0 Å². The van der Waals surface area contributed by atoms with E-state index in [4.69, 9.17) is 0 Å². The van der Waals surface area contributed by atoms with E-state index in [-0.39, 0.29) is 0 Å². The fraction of sp³-hybridized carbons (Fsp3) is 0.714. The second-order valence-corrected chi connectivity index (χ2v) is 6.54. The van der Waals surface area contributed by atoms with Crippen LogP contribution < -0.4 is 5.32 Å². The molecule has 2 rings (SSSR count). The molecule has 0 spiro atoms. The Morgan fingerprint density at radius 2 is 2.35 bits per heavy atom. The second-order valence-electron chi connectivity index (χ2n) is 5.56. The van der Waals surface area contributed by atoms with Gasteiger partial charge in [-0.2, -0.15) is 0 Å². The second kappa shape index (κ2) is 5.98.